The lowest BCUT2D eigenvalue weighted by Gasteiger charge is -1.88. The molecule has 13 heavy (non-hydrogen) atoms. The Bertz CT molecular complexity index is 478. The van der Waals surface area contributed by atoms with Crippen LogP contribution in [-0.2, 0) is 0 Å². The van der Waals surface area contributed by atoms with Gasteiger partial charge in [-0.3, -0.25) is 0 Å². The zero-order valence-corrected chi connectivity index (χ0v) is 8.00. The number of carboxylic acid groups (broad SMARTS) is 1. The normalized spacial score (nSPS) is 10.5. The smallest absolute Gasteiger partial charge is 0.352 e. The molecule has 0 aromatic carbocycles. The van der Waals surface area contributed by atoms with E-state index in [9.17, 15) is 4.79 Å². The summed E-state index contributed by atoms with van der Waals surface area (Å²) in [5, 5.41) is 8.68. The lowest BCUT2D eigenvalue weighted by Crippen LogP contribution is -1.94. The zero-order chi connectivity index (χ0) is 9.42. The van der Waals surface area contributed by atoms with Gasteiger partial charge in [-0.15, -0.1) is 0 Å². The molecular weight excluding hydrogens is 236 g/mol. The van der Waals surface area contributed by atoms with Gasteiger partial charge in [0.2, 0.25) is 0 Å². The molecule has 0 amide bonds. The van der Waals surface area contributed by atoms with Crippen LogP contribution >= 0.6 is 15.9 Å². The number of hydrogen-bond acceptors (Lipinski definition) is 2. The Labute approximate surface area is 81.7 Å². The minimum atomic E-state index is -0.978. The standard InChI is InChI=1S/C8H5BrN2O2/c9-7-2-1-4-5(11-7)3-6(10-4)8(12)13/h1-3,10H,(H,12,13). The molecule has 5 heteroatoms. The van der Waals surface area contributed by atoms with Crippen LogP contribution in [0.2, 0.25) is 0 Å². The van der Waals surface area contributed by atoms with Crippen molar-refractivity contribution < 1.29 is 9.90 Å². The molecule has 0 spiro atoms. The van der Waals surface area contributed by atoms with Crippen molar-refractivity contribution in [1.29, 1.82) is 0 Å². The quantitative estimate of drug-likeness (QED) is 0.750. The number of hydrogen-bond donors (Lipinski definition) is 2. The van der Waals surface area contributed by atoms with Gasteiger partial charge < -0.3 is 10.1 Å². The fourth-order valence-corrected chi connectivity index (χ4v) is 1.42. The van der Waals surface area contributed by atoms with E-state index >= 15 is 0 Å². The minimum absolute atomic E-state index is 0.153. The van der Waals surface area contributed by atoms with Crippen molar-refractivity contribution in [2.45, 2.75) is 0 Å². The van der Waals surface area contributed by atoms with Crippen molar-refractivity contribution in [3.63, 3.8) is 0 Å². The van der Waals surface area contributed by atoms with Gasteiger partial charge in [-0.2, -0.15) is 0 Å². The number of aromatic amines is 1. The average molecular weight is 241 g/mol. The highest BCUT2D eigenvalue weighted by atomic mass is 79.9. The van der Waals surface area contributed by atoms with E-state index in [0.29, 0.717) is 10.1 Å². The third-order valence-corrected chi connectivity index (χ3v) is 2.11. The molecule has 0 aliphatic carbocycles. The summed E-state index contributed by atoms with van der Waals surface area (Å²) in [5.41, 5.74) is 1.52. The molecular formula is C8H5BrN2O2. The maximum Gasteiger partial charge on any atom is 0.352 e. The van der Waals surface area contributed by atoms with Crippen LogP contribution in [0.15, 0.2) is 22.8 Å². The van der Waals surface area contributed by atoms with Gasteiger partial charge in [-0.05, 0) is 34.1 Å². The minimum Gasteiger partial charge on any atom is -0.477 e. The Hall–Kier alpha value is -1.36. The molecule has 2 heterocycles. The van der Waals surface area contributed by atoms with Gasteiger partial charge in [-0.25, -0.2) is 9.78 Å². The number of pyridine rings is 1. The molecule has 0 saturated carbocycles. The van der Waals surface area contributed by atoms with Crippen LogP contribution in [0, 0.1) is 0 Å². The molecule has 4 nitrogen and oxygen atoms in total. The maximum absolute atomic E-state index is 10.6. The van der Waals surface area contributed by atoms with E-state index in [1.54, 1.807) is 12.1 Å². The summed E-state index contributed by atoms with van der Waals surface area (Å²) in [7, 11) is 0. The Kier molecular flexibility index (Phi) is 1.81. The van der Waals surface area contributed by atoms with Gasteiger partial charge >= 0.3 is 5.97 Å². The first kappa shape index (κ1) is 8.25. The summed E-state index contributed by atoms with van der Waals surface area (Å²) in [5.74, 6) is -0.978. The third kappa shape index (κ3) is 1.42. The van der Waals surface area contributed by atoms with Crippen LogP contribution in [0.25, 0.3) is 11.0 Å². The number of carbonyl (C=O) groups is 1. The van der Waals surface area contributed by atoms with Crippen molar-refractivity contribution >= 4 is 32.9 Å². The summed E-state index contributed by atoms with van der Waals surface area (Å²) in [6, 6.07) is 5.03. The molecule has 0 aliphatic heterocycles. The molecule has 0 radical (unpaired) electrons. The SMILES string of the molecule is O=C(O)c1cc2nc(Br)ccc2[nH]1. The van der Waals surface area contributed by atoms with Crippen molar-refractivity contribution in [2.24, 2.45) is 0 Å². The molecule has 2 aromatic heterocycles. The lowest BCUT2D eigenvalue weighted by atomic mass is 10.4. The second-order valence-corrected chi connectivity index (χ2v) is 3.37. The highest BCUT2D eigenvalue weighted by Crippen LogP contribution is 2.16. The number of nitrogens with one attached hydrogen (secondary N) is 1. The van der Waals surface area contributed by atoms with E-state index in [1.165, 1.54) is 6.07 Å². The molecule has 66 valence electrons. The highest BCUT2D eigenvalue weighted by Gasteiger charge is 2.07. The zero-order valence-electron chi connectivity index (χ0n) is 6.41. The summed E-state index contributed by atoms with van der Waals surface area (Å²) in [6.45, 7) is 0. The van der Waals surface area contributed by atoms with Gasteiger partial charge in [0.15, 0.2) is 0 Å². The fraction of sp³-hybridized carbons (Fsp3) is 0. The van der Waals surface area contributed by atoms with Crippen molar-refractivity contribution in [2.75, 3.05) is 0 Å². The number of halogens is 1. The monoisotopic (exact) mass is 240 g/mol. The van der Waals surface area contributed by atoms with Crippen LogP contribution in [0.4, 0.5) is 0 Å². The average Bonchev–Trinajstić information content (AvgIpc) is 2.46. The Morgan fingerprint density at radius 2 is 2.31 bits per heavy atom. The third-order valence-electron chi connectivity index (χ3n) is 1.67. The molecule has 0 bridgehead atoms. The molecule has 0 fully saturated rings. The van der Waals surface area contributed by atoms with Gasteiger partial charge in [-0.1, -0.05) is 0 Å². The number of aromatic nitrogens is 2. The molecule has 2 N–H and O–H groups in total. The van der Waals surface area contributed by atoms with Crippen LogP contribution in [0.5, 0.6) is 0 Å². The second-order valence-electron chi connectivity index (χ2n) is 2.55. The molecule has 0 unspecified atom stereocenters. The van der Waals surface area contributed by atoms with E-state index in [2.05, 4.69) is 25.9 Å². The van der Waals surface area contributed by atoms with E-state index in [4.69, 9.17) is 5.11 Å². The largest absolute Gasteiger partial charge is 0.477 e. The molecule has 0 saturated heterocycles. The fourth-order valence-electron chi connectivity index (χ4n) is 1.10. The molecule has 0 atom stereocenters. The summed E-state index contributed by atoms with van der Waals surface area (Å²) in [6.07, 6.45) is 0. The van der Waals surface area contributed by atoms with Crippen molar-refractivity contribution in [3.05, 3.63) is 28.5 Å². The predicted molar refractivity (Wildman–Crippen MR) is 50.8 cm³/mol. The summed E-state index contributed by atoms with van der Waals surface area (Å²) in [4.78, 5) is 17.4. The topological polar surface area (TPSA) is 66.0 Å². The van der Waals surface area contributed by atoms with E-state index in [-0.39, 0.29) is 5.69 Å². The van der Waals surface area contributed by atoms with Crippen LogP contribution in [0.1, 0.15) is 10.5 Å². The first-order valence-electron chi connectivity index (χ1n) is 3.55. The summed E-state index contributed by atoms with van der Waals surface area (Å²) < 4.78 is 0.691. The number of aromatic carboxylic acids is 1. The highest BCUT2D eigenvalue weighted by molar-refractivity contribution is 9.10. The van der Waals surface area contributed by atoms with E-state index in [1.807, 2.05) is 0 Å². The molecule has 2 aromatic rings. The number of rotatable bonds is 1. The summed E-state index contributed by atoms with van der Waals surface area (Å²) >= 11 is 3.21. The van der Waals surface area contributed by atoms with Crippen LogP contribution in [-0.4, -0.2) is 21.0 Å². The van der Waals surface area contributed by atoms with Gasteiger partial charge in [0.1, 0.15) is 10.3 Å². The van der Waals surface area contributed by atoms with Crippen LogP contribution in [0.3, 0.4) is 0 Å². The van der Waals surface area contributed by atoms with Gasteiger partial charge in [0.25, 0.3) is 0 Å². The lowest BCUT2D eigenvalue weighted by molar-refractivity contribution is 0.0691. The van der Waals surface area contributed by atoms with E-state index in [0.717, 1.165) is 5.52 Å². The number of carboxylic acids is 1. The van der Waals surface area contributed by atoms with Crippen molar-refractivity contribution in [3.8, 4) is 0 Å². The number of H-pyrrole nitrogens is 1. The van der Waals surface area contributed by atoms with Crippen LogP contribution < -0.4 is 0 Å². The molecule has 2 rings (SSSR count). The number of fused-ring (bicyclic) bond motifs is 1. The van der Waals surface area contributed by atoms with E-state index < -0.39 is 5.97 Å². The maximum atomic E-state index is 10.6. The Balaban J connectivity index is 2.68. The second kappa shape index (κ2) is 2.85. The van der Waals surface area contributed by atoms with Crippen molar-refractivity contribution in [1.82, 2.24) is 9.97 Å². The molecule has 0 aliphatic rings. The number of nitrogens with zero attached hydrogens (tertiary/aromatic N) is 1. The van der Waals surface area contributed by atoms with Gasteiger partial charge in [0.05, 0.1) is 11.0 Å². The Morgan fingerprint density at radius 1 is 1.54 bits per heavy atom. The van der Waals surface area contributed by atoms with Gasteiger partial charge in [0, 0.05) is 0 Å². The first-order valence-corrected chi connectivity index (χ1v) is 4.34. The predicted octanol–water partition coefficient (Wildman–Crippen LogP) is 2.02. The Morgan fingerprint density at radius 3 is 3.00 bits per heavy atom. The first-order chi connectivity index (χ1) is 6.16.